The monoisotopic (exact) mass is 297 g/mol. The Bertz CT molecular complexity index is 481. The minimum atomic E-state index is -0.728. The number of halogens is 2. The number of amides is 1. The van der Waals surface area contributed by atoms with Gasteiger partial charge in [-0.15, -0.1) is 0 Å². The zero-order valence-corrected chi connectivity index (χ0v) is 12.2. The Morgan fingerprint density at radius 2 is 1.76 bits per heavy atom. The Hall–Kier alpha value is -1.53. The molecular formula is C15H21F2N3O. The summed E-state index contributed by atoms with van der Waals surface area (Å²) in [4.78, 5) is 16.1. The van der Waals surface area contributed by atoms with E-state index in [0.717, 1.165) is 37.8 Å². The predicted molar refractivity (Wildman–Crippen MR) is 76.9 cm³/mol. The molecule has 1 atom stereocenters. The number of carbonyl (C=O) groups excluding carboxylic acids is 1. The second-order valence-electron chi connectivity index (χ2n) is 5.59. The van der Waals surface area contributed by atoms with Crippen LogP contribution < -0.4 is 5.73 Å². The highest BCUT2D eigenvalue weighted by molar-refractivity contribution is 5.94. The minimum Gasteiger partial charge on any atom is -0.336 e. The highest BCUT2D eigenvalue weighted by Gasteiger charge is 2.23. The highest BCUT2D eigenvalue weighted by Crippen LogP contribution is 2.13. The van der Waals surface area contributed by atoms with Crippen LogP contribution in [0.25, 0.3) is 0 Å². The van der Waals surface area contributed by atoms with E-state index >= 15 is 0 Å². The smallest absolute Gasteiger partial charge is 0.254 e. The van der Waals surface area contributed by atoms with Gasteiger partial charge >= 0.3 is 0 Å². The highest BCUT2D eigenvalue weighted by atomic mass is 19.1. The molecule has 0 saturated carbocycles. The maximum atomic E-state index is 13.2. The van der Waals surface area contributed by atoms with Crippen LogP contribution in [0.1, 0.15) is 17.3 Å². The average molecular weight is 297 g/mol. The summed E-state index contributed by atoms with van der Waals surface area (Å²) in [5, 5.41) is 0. The van der Waals surface area contributed by atoms with E-state index in [0.29, 0.717) is 25.6 Å². The third kappa shape index (κ3) is 4.22. The topological polar surface area (TPSA) is 49.6 Å². The van der Waals surface area contributed by atoms with Gasteiger partial charge in [0.1, 0.15) is 11.6 Å². The molecule has 1 aromatic carbocycles. The molecule has 6 heteroatoms. The van der Waals surface area contributed by atoms with Crippen molar-refractivity contribution in [3.8, 4) is 0 Å². The van der Waals surface area contributed by atoms with Crippen molar-refractivity contribution in [2.45, 2.75) is 6.92 Å². The number of piperazine rings is 1. The van der Waals surface area contributed by atoms with Crippen molar-refractivity contribution in [3.05, 3.63) is 35.4 Å². The Kier molecular flexibility index (Phi) is 5.25. The maximum Gasteiger partial charge on any atom is 0.254 e. The van der Waals surface area contributed by atoms with Crippen molar-refractivity contribution in [2.75, 3.05) is 39.3 Å². The van der Waals surface area contributed by atoms with Crippen molar-refractivity contribution in [1.29, 1.82) is 0 Å². The van der Waals surface area contributed by atoms with Crippen LogP contribution in [0.15, 0.2) is 18.2 Å². The fourth-order valence-electron chi connectivity index (χ4n) is 2.51. The summed E-state index contributed by atoms with van der Waals surface area (Å²) >= 11 is 0. The lowest BCUT2D eigenvalue weighted by Gasteiger charge is -2.35. The molecule has 1 aromatic rings. The molecule has 2 rings (SSSR count). The van der Waals surface area contributed by atoms with Gasteiger partial charge in [-0.05, 0) is 24.6 Å². The molecule has 1 saturated heterocycles. The molecule has 2 N–H and O–H groups in total. The number of carbonyl (C=O) groups is 1. The summed E-state index contributed by atoms with van der Waals surface area (Å²) < 4.78 is 26.3. The lowest BCUT2D eigenvalue weighted by molar-refractivity contribution is 0.0621. The molecule has 1 fully saturated rings. The summed E-state index contributed by atoms with van der Waals surface area (Å²) in [6, 6.07) is 2.92. The zero-order chi connectivity index (χ0) is 15.4. The number of hydrogen-bond acceptors (Lipinski definition) is 3. The number of hydrogen-bond donors (Lipinski definition) is 1. The largest absolute Gasteiger partial charge is 0.336 e. The van der Waals surface area contributed by atoms with E-state index < -0.39 is 11.6 Å². The molecule has 1 aliphatic heterocycles. The molecule has 0 aromatic heterocycles. The summed E-state index contributed by atoms with van der Waals surface area (Å²) in [6.07, 6.45) is 0. The van der Waals surface area contributed by atoms with E-state index in [4.69, 9.17) is 5.73 Å². The fourth-order valence-corrected chi connectivity index (χ4v) is 2.51. The van der Waals surface area contributed by atoms with Crippen LogP contribution in [-0.4, -0.2) is 55.0 Å². The van der Waals surface area contributed by atoms with Crippen LogP contribution >= 0.6 is 0 Å². The van der Waals surface area contributed by atoms with Gasteiger partial charge in [-0.25, -0.2) is 8.78 Å². The number of nitrogens with two attached hydrogens (primary N) is 1. The van der Waals surface area contributed by atoms with Gasteiger partial charge in [0.2, 0.25) is 0 Å². The Morgan fingerprint density at radius 3 is 2.29 bits per heavy atom. The van der Waals surface area contributed by atoms with Crippen LogP contribution in [0.5, 0.6) is 0 Å². The van der Waals surface area contributed by atoms with Gasteiger partial charge in [0.05, 0.1) is 0 Å². The van der Waals surface area contributed by atoms with E-state index in [2.05, 4.69) is 11.8 Å². The molecule has 4 nitrogen and oxygen atoms in total. The van der Waals surface area contributed by atoms with Gasteiger partial charge in [-0.3, -0.25) is 9.69 Å². The molecule has 1 heterocycles. The van der Waals surface area contributed by atoms with Crippen LogP contribution in [0.3, 0.4) is 0 Å². The maximum absolute atomic E-state index is 13.2. The van der Waals surface area contributed by atoms with E-state index in [1.165, 1.54) is 0 Å². The third-order valence-corrected chi connectivity index (χ3v) is 3.74. The first kappa shape index (κ1) is 15.9. The lowest BCUT2D eigenvalue weighted by atomic mass is 10.1. The summed E-state index contributed by atoms with van der Waals surface area (Å²) in [7, 11) is 0. The molecule has 0 radical (unpaired) electrons. The van der Waals surface area contributed by atoms with Crippen LogP contribution in [-0.2, 0) is 0 Å². The molecule has 0 bridgehead atoms. The molecule has 0 spiro atoms. The Morgan fingerprint density at radius 1 is 1.19 bits per heavy atom. The van der Waals surface area contributed by atoms with Crippen LogP contribution in [0.2, 0.25) is 0 Å². The first-order valence-corrected chi connectivity index (χ1v) is 7.17. The fraction of sp³-hybridized carbons (Fsp3) is 0.533. The molecular weight excluding hydrogens is 276 g/mol. The van der Waals surface area contributed by atoms with Crippen LogP contribution in [0.4, 0.5) is 8.78 Å². The van der Waals surface area contributed by atoms with Crippen molar-refractivity contribution >= 4 is 5.91 Å². The minimum absolute atomic E-state index is 0.0660. The van der Waals surface area contributed by atoms with Gasteiger partial charge in [-0.2, -0.15) is 0 Å². The second kappa shape index (κ2) is 6.95. The average Bonchev–Trinajstić information content (AvgIpc) is 2.46. The van der Waals surface area contributed by atoms with Gasteiger partial charge in [-0.1, -0.05) is 6.92 Å². The SMILES string of the molecule is CC(CN)CN1CCN(C(=O)c2cc(F)cc(F)c2)CC1. The van der Waals surface area contributed by atoms with Gasteiger partial charge in [0.15, 0.2) is 0 Å². The standard InChI is InChI=1S/C15H21F2N3O/c1-11(9-18)10-19-2-4-20(5-3-19)15(21)12-6-13(16)8-14(17)7-12/h6-8,11H,2-5,9-10,18H2,1H3. The molecule has 21 heavy (non-hydrogen) atoms. The van der Waals surface area contributed by atoms with Gasteiger partial charge < -0.3 is 10.6 Å². The van der Waals surface area contributed by atoms with E-state index in [-0.39, 0.29) is 11.5 Å². The zero-order valence-electron chi connectivity index (χ0n) is 12.2. The molecule has 1 amide bonds. The predicted octanol–water partition coefficient (Wildman–Crippen LogP) is 1.32. The first-order valence-electron chi connectivity index (χ1n) is 7.17. The Labute approximate surface area is 123 Å². The van der Waals surface area contributed by atoms with Crippen LogP contribution in [0, 0.1) is 17.6 Å². The van der Waals surface area contributed by atoms with Gasteiger partial charge in [0.25, 0.3) is 5.91 Å². The quantitative estimate of drug-likeness (QED) is 0.912. The van der Waals surface area contributed by atoms with Crippen molar-refractivity contribution in [3.63, 3.8) is 0 Å². The van der Waals surface area contributed by atoms with Gasteiger partial charge in [0, 0.05) is 44.4 Å². The summed E-state index contributed by atoms with van der Waals surface area (Å²) in [6.45, 7) is 6.28. The summed E-state index contributed by atoms with van der Waals surface area (Å²) in [5.41, 5.74) is 5.67. The van der Waals surface area contributed by atoms with Crippen molar-refractivity contribution in [1.82, 2.24) is 9.80 Å². The van der Waals surface area contributed by atoms with E-state index in [1.54, 1.807) is 4.90 Å². The molecule has 116 valence electrons. The molecule has 1 aliphatic rings. The Balaban J connectivity index is 1.94. The molecule has 1 unspecified atom stereocenters. The van der Waals surface area contributed by atoms with Crippen molar-refractivity contribution < 1.29 is 13.6 Å². The summed E-state index contributed by atoms with van der Waals surface area (Å²) in [5.74, 6) is -1.35. The normalized spacial score (nSPS) is 17.8. The second-order valence-corrected chi connectivity index (χ2v) is 5.59. The van der Waals surface area contributed by atoms with Crippen molar-refractivity contribution in [2.24, 2.45) is 11.7 Å². The van der Waals surface area contributed by atoms with E-state index in [1.807, 2.05) is 0 Å². The third-order valence-electron chi connectivity index (χ3n) is 3.74. The first-order chi connectivity index (χ1) is 9.99. The molecule has 0 aliphatic carbocycles. The lowest BCUT2D eigenvalue weighted by Crippen LogP contribution is -2.50. The number of benzene rings is 1. The number of rotatable bonds is 4. The van der Waals surface area contributed by atoms with E-state index in [9.17, 15) is 13.6 Å². The number of nitrogens with zero attached hydrogens (tertiary/aromatic N) is 2.